The van der Waals surface area contributed by atoms with Crippen LogP contribution in [0.1, 0.15) is 65.5 Å². The van der Waals surface area contributed by atoms with Crippen LogP contribution >= 0.6 is 0 Å². The van der Waals surface area contributed by atoms with Crippen LogP contribution in [0.5, 0.6) is 0 Å². The highest BCUT2D eigenvalue weighted by Crippen LogP contribution is 2.35. The minimum atomic E-state index is -4.72. The van der Waals surface area contributed by atoms with Gasteiger partial charge >= 0.3 is 12.3 Å². The number of carbonyl (C=O) groups excluding carboxylic acids is 2. The highest BCUT2D eigenvalue weighted by Gasteiger charge is 2.34. The van der Waals surface area contributed by atoms with Crippen molar-refractivity contribution in [2.45, 2.75) is 45.5 Å². The number of ether oxygens (including phenoxy) is 1. The zero-order valence-electron chi connectivity index (χ0n) is 26.2. The standard InChI is InChI=1S/C33H32F5N7O3/c1-32(2,3)48-31(47)42-44-15-13-43(14-16-44)20-23-6-9-24(18-27(23)33(36,37)38)41-30(46)22-8-11-26(29(34)35)21(17-22)7-10-25-19-39-28-5-4-12-40-45(25)28/h4-6,8-9,11-12,17-19,29H,13-16,20H2,1-3H3,(H,41,46)(H,42,47). The lowest BCUT2D eigenvalue weighted by atomic mass is 10.0. The third kappa shape index (κ3) is 8.64. The number of benzene rings is 2. The maximum absolute atomic E-state index is 14.2. The summed E-state index contributed by atoms with van der Waals surface area (Å²) >= 11 is 0. The Morgan fingerprint density at radius 2 is 1.75 bits per heavy atom. The fraction of sp³-hybridized carbons (Fsp3) is 0.333. The molecule has 0 unspecified atom stereocenters. The van der Waals surface area contributed by atoms with Gasteiger partial charge in [-0.1, -0.05) is 18.1 Å². The number of anilines is 1. The lowest BCUT2D eigenvalue weighted by Gasteiger charge is -2.35. The quantitative estimate of drug-likeness (QED) is 0.195. The fourth-order valence-electron chi connectivity index (χ4n) is 4.99. The molecular formula is C33H32F5N7O3. The Morgan fingerprint density at radius 3 is 2.44 bits per heavy atom. The molecule has 0 radical (unpaired) electrons. The van der Waals surface area contributed by atoms with E-state index in [4.69, 9.17) is 4.74 Å². The average Bonchev–Trinajstić information content (AvgIpc) is 3.43. The van der Waals surface area contributed by atoms with Crippen molar-refractivity contribution >= 4 is 23.3 Å². The number of amides is 2. The van der Waals surface area contributed by atoms with Gasteiger partial charge in [0.15, 0.2) is 5.65 Å². The summed E-state index contributed by atoms with van der Waals surface area (Å²) in [5.41, 5.74) is 1.16. The first-order valence-corrected chi connectivity index (χ1v) is 14.9. The Hall–Kier alpha value is -5.07. The number of nitrogens with one attached hydrogen (secondary N) is 2. The zero-order valence-corrected chi connectivity index (χ0v) is 26.2. The van der Waals surface area contributed by atoms with E-state index in [1.807, 2.05) is 4.90 Å². The van der Waals surface area contributed by atoms with Crippen molar-refractivity contribution in [1.29, 1.82) is 0 Å². The second-order valence-electron chi connectivity index (χ2n) is 12.0. The Bertz CT molecular complexity index is 1870. The van der Waals surface area contributed by atoms with Crippen LogP contribution in [0, 0.1) is 11.8 Å². The summed E-state index contributed by atoms with van der Waals surface area (Å²) in [5.74, 6) is 4.59. The first-order valence-electron chi connectivity index (χ1n) is 14.9. The average molecular weight is 670 g/mol. The first kappa shape index (κ1) is 34.3. The summed E-state index contributed by atoms with van der Waals surface area (Å²) in [4.78, 5) is 31.1. The molecule has 5 rings (SSSR count). The van der Waals surface area contributed by atoms with E-state index in [-0.39, 0.29) is 28.9 Å². The maximum Gasteiger partial charge on any atom is 0.422 e. The number of alkyl halides is 5. The van der Waals surface area contributed by atoms with Gasteiger partial charge in [-0.3, -0.25) is 15.1 Å². The van der Waals surface area contributed by atoms with Gasteiger partial charge in [0.1, 0.15) is 11.3 Å². The number of carbonyl (C=O) groups is 2. The summed E-state index contributed by atoms with van der Waals surface area (Å²) in [6.07, 6.45) is -5.27. The lowest BCUT2D eigenvalue weighted by molar-refractivity contribution is -0.138. The van der Waals surface area contributed by atoms with Crippen molar-refractivity contribution in [3.8, 4) is 11.8 Å². The summed E-state index contributed by atoms with van der Waals surface area (Å²) in [6, 6.07) is 10.3. The molecule has 0 spiro atoms. The lowest BCUT2D eigenvalue weighted by Crippen LogP contribution is -2.54. The number of piperazine rings is 1. The maximum atomic E-state index is 14.2. The van der Waals surface area contributed by atoms with Gasteiger partial charge in [-0.25, -0.2) is 28.1 Å². The molecule has 1 fully saturated rings. The highest BCUT2D eigenvalue weighted by atomic mass is 19.4. The fourth-order valence-corrected chi connectivity index (χ4v) is 4.99. The van der Waals surface area contributed by atoms with E-state index in [1.165, 1.54) is 29.0 Å². The normalized spacial score (nSPS) is 14.4. The van der Waals surface area contributed by atoms with Crippen LogP contribution < -0.4 is 10.7 Å². The smallest absolute Gasteiger partial charge is 0.422 e. The SMILES string of the molecule is CC(C)(C)OC(=O)NN1CCN(Cc2ccc(NC(=O)c3ccc(C(F)F)c(C#Cc4cnc5cccnn45)c3)cc2C(F)(F)F)CC1. The number of hydrazine groups is 1. The number of fused-ring (bicyclic) bond motifs is 1. The minimum absolute atomic E-state index is 0.00906. The third-order valence-corrected chi connectivity index (χ3v) is 7.24. The van der Waals surface area contributed by atoms with Crippen LogP contribution in [0.2, 0.25) is 0 Å². The molecule has 10 nitrogen and oxygen atoms in total. The first-order chi connectivity index (χ1) is 22.7. The van der Waals surface area contributed by atoms with Gasteiger partial charge in [0.25, 0.3) is 12.3 Å². The molecule has 0 aliphatic carbocycles. The van der Waals surface area contributed by atoms with Gasteiger partial charge in [-0.05, 0) is 68.7 Å². The molecule has 1 saturated heterocycles. The molecule has 3 heterocycles. The molecule has 48 heavy (non-hydrogen) atoms. The monoisotopic (exact) mass is 669 g/mol. The number of imidazole rings is 1. The minimum Gasteiger partial charge on any atom is -0.443 e. The van der Waals surface area contributed by atoms with Crippen molar-refractivity contribution in [2.75, 3.05) is 31.5 Å². The van der Waals surface area contributed by atoms with Gasteiger partial charge in [-0.15, -0.1) is 0 Å². The van der Waals surface area contributed by atoms with Gasteiger partial charge in [0, 0.05) is 61.3 Å². The summed E-state index contributed by atoms with van der Waals surface area (Å²) in [7, 11) is 0. The van der Waals surface area contributed by atoms with Gasteiger partial charge < -0.3 is 10.1 Å². The Labute approximate surface area is 272 Å². The summed E-state index contributed by atoms with van der Waals surface area (Å²) in [5, 5.41) is 8.21. The predicted octanol–water partition coefficient (Wildman–Crippen LogP) is 5.90. The number of rotatable bonds is 6. The van der Waals surface area contributed by atoms with E-state index >= 15 is 0 Å². The second kappa shape index (κ2) is 14.0. The molecule has 1 aliphatic rings. The highest BCUT2D eigenvalue weighted by molar-refractivity contribution is 6.04. The van der Waals surface area contributed by atoms with Crippen LogP contribution in [0.25, 0.3) is 5.65 Å². The second-order valence-corrected chi connectivity index (χ2v) is 12.0. The van der Waals surface area contributed by atoms with Crippen LogP contribution in [-0.2, 0) is 17.5 Å². The third-order valence-electron chi connectivity index (χ3n) is 7.24. The van der Waals surface area contributed by atoms with Gasteiger partial charge in [0.2, 0.25) is 0 Å². The van der Waals surface area contributed by atoms with Crippen molar-refractivity contribution in [1.82, 2.24) is 29.9 Å². The van der Waals surface area contributed by atoms with Crippen molar-refractivity contribution in [3.63, 3.8) is 0 Å². The van der Waals surface area contributed by atoms with E-state index in [2.05, 4.69) is 32.7 Å². The van der Waals surface area contributed by atoms with Crippen LogP contribution in [0.4, 0.5) is 32.4 Å². The van der Waals surface area contributed by atoms with E-state index in [9.17, 15) is 31.5 Å². The molecule has 0 saturated carbocycles. The van der Waals surface area contributed by atoms with Gasteiger partial charge in [-0.2, -0.15) is 18.3 Å². The van der Waals surface area contributed by atoms with Crippen LogP contribution in [0.3, 0.4) is 0 Å². The zero-order chi connectivity index (χ0) is 34.6. The Kier molecular flexibility index (Phi) is 9.97. The van der Waals surface area contributed by atoms with E-state index in [0.29, 0.717) is 37.5 Å². The number of aromatic nitrogens is 3. The van der Waals surface area contributed by atoms with Crippen LogP contribution in [0.15, 0.2) is 60.9 Å². The van der Waals surface area contributed by atoms with Crippen molar-refractivity contribution in [2.24, 2.45) is 0 Å². The van der Waals surface area contributed by atoms with E-state index in [0.717, 1.165) is 24.3 Å². The Balaban J connectivity index is 1.29. The Morgan fingerprint density at radius 1 is 1.00 bits per heavy atom. The molecule has 1 aliphatic heterocycles. The molecule has 252 valence electrons. The molecule has 2 N–H and O–H groups in total. The molecule has 0 bridgehead atoms. The molecule has 0 atom stereocenters. The number of halogens is 5. The molecule has 2 amide bonds. The topological polar surface area (TPSA) is 104 Å². The van der Waals surface area contributed by atoms with Crippen molar-refractivity contribution in [3.05, 3.63) is 94.4 Å². The van der Waals surface area contributed by atoms with E-state index < -0.39 is 41.3 Å². The van der Waals surface area contributed by atoms with Crippen LogP contribution in [-0.4, -0.2) is 68.3 Å². The molecule has 2 aromatic carbocycles. The molecule has 15 heteroatoms. The molecular weight excluding hydrogens is 637 g/mol. The molecule has 4 aromatic rings. The predicted molar refractivity (Wildman–Crippen MR) is 166 cm³/mol. The number of hydrogen-bond acceptors (Lipinski definition) is 7. The largest absolute Gasteiger partial charge is 0.443 e. The van der Waals surface area contributed by atoms with Crippen molar-refractivity contribution < 1.29 is 36.3 Å². The number of hydrogen-bond donors (Lipinski definition) is 2. The molecule has 2 aromatic heterocycles. The van der Waals surface area contributed by atoms with Gasteiger partial charge in [0.05, 0.1) is 11.8 Å². The number of nitrogens with zero attached hydrogens (tertiary/aromatic N) is 5. The summed E-state index contributed by atoms with van der Waals surface area (Å²) < 4.78 is 76.7. The van der Waals surface area contributed by atoms with E-state index in [1.54, 1.807) is 37.9 Å². The summed E-state index contributed by atoms with van der Waals surface area (Å²) in [6.45, 7) is 6.73.